The zero-order chi connectivity index (χ0) is 21.8. The number of hydrogen-bond donors (Lipinski definition) is 0. The van der Waals surface area contributed by atoms with Crippen LogP contribution in [-0.4, -0.2) is 11.8 Å². The van der Waals surface area contributed by atoms with Crippen LogP contribution in [0.1, 0.15) is 39.6 Å². The van der Waals surface area contributed by atoms with E-state index in [2.05, 4.69) is 0 Å². The van der Waals surface area contributed by atoms with Gasteiger partial charge in [0.05, 0.1) is 29.9 Å². The van der Waals surface area contributed by atoms with Gasteiger partial charge in [0.25, 0.3) is 0 Å². The smallest absolute Gasteiger partial charge is 0.312 e. The lowest BCUT2D eigenvalue weighted by atomic mass is 9.85. The van der Waals surface area contributed by atoms with E-state index >= 15 is 0 Å². The Balaban J connectivity index is 1.53. The number of furan rings is 1. The Bertz CT molecular complexity index is 1510. The Labute approximate surface area is 180 Å². The number of para-hydroxylation sites is 1. The summed E-state index contributed by atoms with van der Waals surface area (Å²) >= 11 is 0. The van der Waals surface area contributed by atoms with E-state index in [-0.39, 0.29) is 34.9 Å². The van der Waals surface area contributed by atoms with E-state index in [4.69, 9.17) is 18.3 Å². The third-order valence-electron chi connectivity index (χ3n) is 5.68. The van der Waals surface area contributed by atoms with E-state index in [0.717, 1.165) is 0 Å². The second-order valence-electron chi connectivity index (χ2n) is 7.56. The van der Waals surface area contributed by atoms with Crippen LogP contribution >= 0.6 is 0 Å². The summed E-state index contributed by atoms with van der Waals surface area (Å²) in [6.07, 6.45) is 4.28. The Hall–Kier alpha value is -4.39. The molecule has 0 amide bonds. The lowest BCUT2D eigenvalue weighted by Gasteiger charge is -2.25. The number of esters is 1. The monoisotopic (exact) mass is 426 g/mol. The normalized spacial score (nSPS) is 18.4. The van der Waals surface area contributed by atoms with Gasteiger partial charge >= 0.3 is 5.97 Å². The molecule has 156 valence electrons. The summed E-state index contributed by atoms with van der Waals surface area (Å²) in [5.74, 6) is -0.401. The lowest BCUT2D eigenvalue weighted by Crippen LogP contribution is -2.25. The summed E-state index contributed by atoms with van der Waals surface area (Å²) < 4.78 is 22.3. The zero-order valence-electron chi connectivity index (χ0n) is 16.5. The van der Waals surface area contributed by atoms with E-state index in [1.54, 1.807) is 48.5 Å². The standard InChI is InChI=1S/C25H14O7/c26-21-11-16(17-12-30-18-6-2-1-5-14(18)23(17)27)22-19(31-21)8-7-15-24(28)20(32-25(15)22)10-13-4-3-9-29-13/h1-10,12,16H,11H2/b20-10-/t16-/m1/s1. The molecule has 32 heavy (non-hydrogen) atoms. The van der Waals surface area contributed by atoms with E-state index in [1.165, 1.54) is 18.6 Å². The molecular weight excluding hydrogens is 412 g/mol. The number of carbonyl (C=O) groups excluding carboxylic acids is 2. The fourth-order valence-electron chi connectivity index (χ4n) is 4.21. The van der Waals surface area contributed by atoms with Gasteiger partial charge in [-0.2, -0.15) is 0 Å². The average molecular weight is 426 g/mol. The van der Waals surface area contributed by atoms with E-state index < -0.39 is 11.9 Å². The first kappa shape index (κ1) is 18.4. The molecule has 2 aliphatic rings. The van der Waals surface area contributed by atoms with Crippen LogP contribution in [0.2, 0.25) is 0 Å². The van der Waals surface area contributed by atoms with Gasteiger partial charge in [0.1, 0.15) is 22.8 Å². The number of Topliss-reactive ketones (excluding diaryl/α,β-unsaturated/α-hetero) is 1. The molecule has 7 nitrogen and oxygen atoms in total. The van der Waals surface area contributed by atoms with Gasteiger partial charge < -0.3 is 18.3 Å². The van der Waals surface area contributed by atoms with Gasteiger partial charge in [-0.25, -0.2) is 0 Å². The van der Waals surface area contributed by atoms with Gasteiger partial charge in [-0.15, -0.1) is 0 Å². The largest absolute Gasteiger partial charge is 0.465 e. The Morgan fingerprint density at radius 2 is 1.78 bits per heavy atom. The second-order valence-corrected chi connectivity index (χ2v) is 7.56. The molecule has 6 rings (SSSR count). The molecule has 0 bridgehead atoms. The Kier molecular flexibility index (Phi) is 3.91. The van der Waals surface area contributed by atoms with E-state index in [1.807, 2.05) is 0 Å². The van der Waals surface area contributed by atoms with Crippen molar-refractivity contribution in [3.05, 3.63) is 99.5 Å². The molecule has 4 heterocycles. The molecule has 7 heteroatoms. The fourth-order valence-corrected chi connectivity index (χ4v) is 4.21. The van der Waals surface area contributed by atoms with E-state index in [9.17, 15) is 14.4 Å². The van der Waals surface area contributed by atoms with Crippen molar-refractivity contribution in [3.8, 4) is 11.5 Å². The van der Waals surface area contributed by atoms with Gasteiger partial charge in [0, 0.05) is 23.1 Å². The number of carbonyl (C=O) groups is 2. The van der Waals surface area contributed by atoms with E-state index in [0.29, 0.717) is 33.4 Å². The van der Waals surface area contributed by atoms with Crippen LogP contribution in [0.4, 0.5) is 0 Å². The van der Waals surface area contributed by atoms with Crippen LogP contribution in [0.25, 0.3) is 17.0 Å². The molecule has 0 aliphatic carbocycles. The van der Waals surface area contributed by atoms with Crippen molar-refractivity contribution < 1.29 is 27.9 Å². The topological polar surface area (TPSA) is 96.0 Å². The summed E-state index contributed by atoms with van der Waals surface area (Å²) in [4.78, 5) is 38.5. The molecule has 0 radical (unpaired) electrons. The van der Waals surface area contributed by atoms with Crippen LogP contribution in [0, 0.1) is 0 Å². The summed E-state index contributed by atoms with van der Waals surface area (Å²) in [5, 5.41) is 0.411. The van der Waals surface area contributed by atoms with Crippen molar-refractivity contribution in [2.45, 2.75) is 12.3 Å². The molecule has 2 aliphatic heterocycles. The molecule has 0 N–H and O–H groups in total. The highest BCUT2D eigenvalue weighted by Gasteiger charge is 2.39. The van der Waals surface area contributed by atoms with Crippen LogP contribution in [0.5, 0.6) is 11.5 Å². The third kappa shape index (κ3) is 2.71. The highest BCUT2D eigenvalue weighted by Crippen LogP contribution is 2.48. The first-order valence-electron chi connectivity index (χ1n) is 9.96. The SMILES string of the molecule is O=C1C[C@H](c2coc3ccccc3c2=O)c2c(ccc3c2O/C(=C\c2ccco2)C3=O)O1. The van der Waals surface area contributed by atoms with Crippen LogP contribution < -0.4 is 14.9 Å². The number of benzene rings is 2. The van der Waals surface area contributed by atoms with Crippen LogP contribution in [0.15, 0.2) is 80.4 Å². The van der Waals surface area contributed by atoms with Gasteiger partial charge in [-0.1, -0.05) is 12.1 Å². The molecule has 0 unspecified atom stereocenters. The molecule has 0 saturated carbocycles. The van der Waals surface area contributed by atoms with Crippen molar-refractivity contribution in [3.63, 3.8) is 0 Å². The number of allylic oxidation sites excluding steroid dienone is 1. The maximum absolute atomic E-state index is 13.2. The maximum Gasteiger partial charge on any atom is 0.312 e. The number of hydrogen-bond acceptors (Lipinski definition) is 7. The van der Waals surface area contributed by atoms with Crippen molar-refractivity contribution in [1.29, 1.82) is 0 Å². The van der Waals surface area contributed by atoms with Crippen molar-refractivity contribution >= 4 is 28.8 Å². The van der Waals surface area contributed by atoms with Gasteiger partial charge in [0.2, 0.25) is 5.78 Å². The fraction of sp³-hybridized carbons (Fsp3) is 0.0800. The predicted octanol–water partition coefficient (Wildman–Crippen LogP) is 4.44. The molecule has 4 aromatic rings. The number of ketones is 1. The highest BCUT2D eigenvalue weighted by molar-refractivity contribution is 6.15. The van der Waals surface area contributed by atoms with Crippen LogP contribution in [-0.2, 0) is 4.79 Å². The minimum absolute atomic E-state index is 0.0820. The summed E-state index contributed by atoms with van der Waals surface area (Å²) in [5.41, 5.74) is 1.31. The number of fused-ring (bicyclic) bond motifs is 4. The average Bonchev–Trinajstić information content (AvgIpc) is 3.42. The van der Waals surface area contributed by atoms with Crippen molar-refractivity contribution in [1.82, 2.24) is 0 Å². The predicted molar refractivity (Wildman–Crippen MR) is 113 cm³/mol. The Morgan fingerprint density at radius 3 is 2.62 bits per heavy atom. The van der Waals surface area contributed by atoms with Crippen LogP contribution in [0.3, 0.4) is 0 Å². The third-order valence-corrected chi connectivity index (χ3v) is 5.68. The zero-order valence-corrected chi connectivity index (χ0v) is 16.5. The molecule has 2 aromatic carbocycles. The van der Waals surface area contributed by atoms with Gasteiger partial charge in [0.15, 0.2) is 11.2 Å². The summed E-state index contributed by atoms with van der Waals surface area (Å²) in [7, 11) is 0. The maximum atomic E-state index is 13.2. The highest BCUT2D eigenvalue weighted by atomic mass is 16.5. The number of ether oxygens (including phenoxy) is 2. The molecule has 1 atom stereocenters. The summed E-state index contributed by atoms with van der Waals surface area (Å²) in [6.45, 7) is 0. The quantitative estimate of drug-likeness (QED) is 0.266. The minimum atomic E-state index is -0.683. The minimum Gasteiger partial charge on any atom is -0.465 e. The molecular formula is C25H14O7. The molecule has 2 aromatic heterocycles. The second kappa shape index (κ2) is 6.81. The first-order chi connectivity index (χ1) is 15.6. The first-order valence-corrected chi connectivity index (χ1v) is 9.96. The Morgan fingerprint density at radius 1 is 0.906 bits per heavy atom. The van der Waals surface area contributed by atoms with Gasteiger partial charge in [-0.05, 0) is 36.4 Å². The van der Waals surface area contributed by atoms with Crippen molar-refractivity contribution in [2.75, 3.05) is 0 Å². The molecule has 0 saturated heterocycles. The van der Waals surface area contributed by atoms with Gasteiger partial charge in [-0.3, -0.25) is 14.4 Å². The number of rotatable bonds is 2. The lowest BCUT2D eigenvalue weighted by molar-refractivity contribution is -0.135. The van der Waals surface area contributed by atoms with Crippen molar-refractivity contribution in [2.24, 2.45) is 0 Å². The molecule has 0 spiro atoms. The molecule has 0 fully saturated rings. The summed E-state index contributed by atoms with van der Waals surface area (Å²) in [6, 6.07) is 13.4.